The summed E-state index contributed by atoms with van der Waals surface area (Å²) in [7, 11) is 0. The highest BCUT2D eigenvalue weighted by Crippen LogP contribution is 2.37. The Labute approximate surface area is 245 Å². The second kappa shape index (κ2) is 11.4. The largest absolute Gasteiger partial charge is 0.256 e. The molecule has 3 heteroatoms. The van der Waals surface area contributed by atoms with Gasteiger partial charge in [0.1, 0.15) is 0 Å². The second-order valence-electron chi connectivity index (χ2n) is 10.1. The van der Waals surface area contributed by atoms with Gasteiger partial charge in [-0.15, -0.1) is 0 Å². The van der Waals surface area contributed by atoms with E-state index in [-0.39, 0.29) is 0 Å². The molecule has 42 heavy (non-hydrogen) atoms. The van der Waals surface area contributed by atoms with Crippen molar-refractivity contribution in [1.29, 1.82) is 0 Å². The molecule has 0 radical (unpaired) electrons. The molecule has 0 bridgehead atoms. The van der Waals surface area contributed by atoms with Crippen LogP contribution in [-0.2, 0) is 0 Å². The molecule has 0 saturated carbocycles. The maximum atomic E-state index is 4.91. The first-order chi connectivity index (χ1) is 20.8. The second-order valence-corrected chi connectivity index (χ2v) is 10.1. The molecule has 4 aromatic carbocycles. The van der Waals surface area contributed by atoms with Crippen molar-refractivity contribution in [2.45, 2.75) is 0 Å². The van der Waals surface area contributed by atoms with Crippen LogP contribution in [0.2, 0.25) is 0 Å². The average molecular weight is 538 g/mol. The van der Waals surface area contributed by atoms with E-state index in [9.17, 15) is 0 Å². The normalized spacial score (nSPS) is 10.9. The number of rotatable bonds is 6. The van der Waals surface area contributed by atoms with Crippen molar-refractivity contribution in [3.05, 3.63) is 164 Å². The molecule has 3 heterocycles. The SMILES string of the molecule is c1ccc(-c2ccc(-c3ccc(-c4ccc(-c5ccccn5)cc4)cc3-c3ccc(-c4ccccn4)cc3)nc2)cc1. The summed E-state index contributed by atoms with van der Waals surface area (Å²) in [6, 6.07) is 50.5. The summed E-state index contributed by atoms with van der Waals surface area (Å²) in [6.45, 7) is 0. The maximum absolute atomic E-state index is 4.91. The monoisotopic (exact) mass is 537 g/mol. The number of aromatic nitrogens is 3. The zero-order chi connectivity index (χ0) is 28.1. The van der Waals surface area contributed by atoms with Gasteiger partial charge in [-0.25, -0.2) is 0 Å². The Hall–Kier alpha value is -5.67. The third-order valence-electron chi connectivity index (χ3n) is 7.50. The van der Waals surface area contributed by atoms with Crippen molar-refractivity contribution in [2.75, 3.05) is 0 Å². The van der Waals surface area contributed by atoms with E-state index in [0.717, 1.165) is 67.2 Å². The van der Waals surface area contributed by atoms with Gasteiger partial charge in [0.25, 0.3) is 0 Å². The Morgan fingerprint density at radius 3 is 1.38 bits per heavy atom. The molecule has 3 aromatic heterocycles. The van der Waals surface area contributed by atoms with Gasteiger partial charge in [-0.3, -0.25) is 15.0 Å². The fourth-order valence-electron chi connectivity index (χ4n) is 5.26. The molecule has 0 amide bonds. The van der Waals surface area contributed by atoms with Gasteiger partial charge in [-0.05, 0) is 64.2 Å². The summed E-state index contributed by atoms with van der Waals surface area (Å²) in [5.74, 6) is 0. The Morgan fingerprint density at radius 2 is 0.810 bits per heavy atom. The minimum absolute atomic E-state index is 0.940. The maximum Gasteiger partial charge on any atom is 0.0708 e. The first kappa shape index (κ1) is 25.3. The summed E-state index contributed by atoms with van der Waals surface area (Å²) < 4.78 is 0. The van der Waals surface area contributed by atoms with Gasteiger partial charge in [0.2, 0.25) is 0 Å². The van der Waals surface area contributed by atoms with Crippen LogP contribution in [0.3, 0.4) is 0 Å². The molecule has 198 valence electrons. The lowest BCUT2D eigenvalue weighted by molar-refractivity contribution is 1.32. The molecule has 0 fully saturated rings. The molecule has 0 spiro atoms. The summed E-state index contributed by atoms with van der Waals surface area (Å²) in [6.07, 6.45) is 5.62. The molecular formula is C39H27N3. The van der Waals surface area contributed by atoms with Crippen LogP contribution in [-0.4, -0.2) is 15.0 Å². The first-order valence-electron chi connectivity index (χ1n) is 14.0. The Kier molecular flexibility index (Phi) is 6.89. The summed E-state index contributed by atoms with van der Waals surface area (Å²) in [4.78, 5) is 13.9. The molecule has 0 aliphatic carbocycles. The van der Waals surface area contributed by atoms with Crippen LogP contribution >= 0.6 is 0 Å². The van der Waals surface area contributed by atoms with Gasteiger partial charge in [-0.1, -0.05) is 109 Å². The van der Waals surface area contributed by atoms with Crippen molar-refractivity contribution in [3.63, 3.8) is 0 Å². The predicted octanol–water partition coefficient (Wildman–Crippen LogP) is 9.87. The third-order valence-corrected chi connectivity index (χ3v) is 7.50. The van der Waals surface area contributed by atoms with Crippen LogP contribution in [0.15, 0.2) is 164 Å². The van der Waals surface area contributed by atoms with Crippen LogP contribution < -0.4 is 0 Å². The fraction of sp³-hybridized carbons (Fsp3) is 0. The zero-order valence-electron chi connectivity index (χ0n) is 22.9. The smallest absolute Gasteiger partial charge is 0.0708 e. The van der Waals surface area contributed by atoms with E-state index in [0.29, 0.717) is 0 Å². The Morgan fingerprint density at radius 1 is 0.286 bits per heavy atom. The van der Waals surface area contributed by atoms with Gasteiger partial charge < -0.3 is 0 Å². The molecule has 3 nitrogen and oxygen atoms in total. The predicted molar refractivity (Wildman–Crippen MR) is 172 cm³/mol. The van der Waals surface area contributed by atoms with E-state index >= 15 is 0 Å². The van der Waals surface area contributed by atoms with Gasteiger partial charge in [-0.2, -0.15) is 0 Å². The molecule has 0 atom stereocenters. The number of pyridine rings is 3. The highest BCUT2D eigenvalue weighted by Gasteiger charge is 2.13. The van der Waals surface area contributed by atoms with E-state index in [1.54, 1.807) is 0 Å². The van der Waals surface area contributed by atoms with Crippen LogP contribution in [0, 0.1) is 0 Å². The Balaban J connectivity index is 1.29. The lowest BCUT2D eigenvalue weighted by atomic mass is 9.91. The lowest BCUT2D eigenvalue weighted by Gasteiger charge is -2.14. The van der Waals surface area contributed by atoms with E-state index < -0.39 is 0 Å². The van der Waals surface area contributed by atoms with Crippen LogP contribution in [0.1, 0.15) is 0 Å². The molecule has 0 saturated heterocycles. The van der Waals surface area contributed by atoms with E-state index in [1.165, 1.54) is 0 Å². The Bertz CT molecular complexity index is 1920. The minimum Gasteiger partial charge on any atom is -0.256 e. The number of benzene rings is 4. The summed E-state index contributed by atoms with van der Waals surface area (Å²) in [5.41, 5.74) is 13.0. The van der Waals surface area contributed by atoms with Crippen molar-refractivity contribution in [3.8, 4) is 67.2 Å². The molecular weight excluding hydrogens is 510 g/mol. The highest BCUT2D eigenvalue weighted by molar-refractivity contribution is 5.87. The number of hydrogen-bond donors (Lipinski definition) is 0. The molecule has 0 aliphatic heterocycles. The first-order valence-corrected chi connectivity index (χ1v) is 14.0. The van der Waals surface area contributed by atoms with Crippen molar-refractivity contribution >= 4 is 0 Å². The minimum atomic E-state index is 0.940. The van der Waals surface area contributed by atoms with Gasteiger partial charge >= 0.3 is 0 Å². The molecule has 0 unspecified atom stereocenters. The summed E-state index contributed by atoms with van der Waals surface area (Å²) in [5, 5.41) is 0. The van der Waals surface area contributed by atoms with Gasteiger partial charge in [0.15, 0.2) is 0 Å². The van der Waals surface area contributed by atoms with E-state index in [4.69, 9.17) is 4.98 Å². The third kappa shape index (κ3) is 5.24. The average Bonchev–Trinajstić information content (AvgIpc) is 3.09. The van der Waals surface area contributed by atoms with Crippen LogP contribution in [0.5, 0.6) is 0 Å². The highest BCUT2D eigenvalue weighted by atomic mass is 14.7. The molecule has 7 rings (SSSR count). The summed E-state index contributed by atoms with van der Waals surface area (Å²) >= 11 is 0. The quantitative estimate of drug-likeness (QED) is 0.212. The fourth-order valence-corrected chi connectivity index (χ4v) is 5.26. The van der Waals surface area contributed by atoms with Crippen LogP contribution in [0.25, 0.3) is 67.2 Å². The van der Waals surface area contributed by atoms with Gasteiger partial charge in [0.05, 0.1) is 17.1 Å². The lowest BCUT2D eigenvalue weighted by Crippen LogP contribution is -1.91. The van der Waals surface area contributed by atoms with Crippen molar-refractivity contribution < 1.29 is 0 Å². The molecule has 0 N–H and O–H groups in total. The van der Waals surface area contributed by atoms with Gasteiger partial charge in [0, 0.05) is 40.8 Å². The van der Waals surface area contributed by atoms with Crippen molar-refractivity contribution in [1.82, 2.24) is 15.0 Å². The molecule has 0 aliphatic rings. The van der Waals surface area contributed by atoms with E-state index in [1.807, 2.05) is 61.1 Å². The number of hydrogen-bond acceptors (Lipinski definition) is 3. The topological polar surface area (TPSA) is 38.7 Å². The van der Waals surface area contributed by atoms with E-state index in [2.05, 4.69) is 113 Å². The molecule has 7 aromatic rings. The van der Waals surface area contributed by atoms with Crippen molar-refractivity contribution in [2.24, 2.45) is 0 Å². The standard InChI is InChI=1S/C39H27N3/c1-2-8-28(9-3-1)34-21-23-39(42-27-34)35-22-20-33(29-12-16-31(17-13-29)37-10-4-6-24-40-37)26-36(35)30-14-18-32(19-15-30)38-11-5-7-25-41-38/h1-27H. The number of nitrogens with zero attached hydrogens (tertiary/aromatic N) is 3. The zero-order valence-corrected chi connectivity index (χ0v) is 22.9. The van der Waals surface area contributed by atoms with Crippen LogP contribution in [0.4, 0.5) is 0 Å².